The molecular weight excluding hydrogens is 400 g/mol. The van der Waals surface area contributed by atoms with Gasteiger partial charge in [-0.05, 0) is 17.7 Å². The fourth-order valence-electron chi connectivity index (χ4n) is 2.50. The minimum absolute atomic E-state index is 0.0589. The van der Waals surface area contributed by atoms with Gasteiger partial charge in [-0.1, -0.05) is 11.2 Å². The third kappa shape index (κ3) is 3.48. The molecule has 28 heavy (non-hydrogen) atoms. The molecule has 147 valence electrons. The van der Waals surface area contributed by atoms with E-state index < -0.39 is 54.7 Å². The molecule has 0 saturated carbocycles. The van der Waals surface area contributed by atoms with Crippen LogP contribution in [-0.4, -0.2) is 45.5 Å². The second kappa shape index (κ2) is 7.22. The highest BCUT2D eigenvalue weighted by Crippen LogP contribution is 2.32. The molecule has 15 heteroatoms. The number of nitro benzene ring substituents is 1. The van der Waals surface area contributed by atoms with Crippen LogP contribution in [0.1, 0.15) is 23.2 Å². The Hall–Kier alpha value is -3.55. The predicted octanol–water partition coefficient (Wildman–Crippen LogP) is 0.791. The number of amides is 3. The summed E-state index contributed by atoms with van der Waals surface area (Å²) in [4.78, 5) is 45.8. The van der Waals surface area contributed by atoms with Crippen molar-refractivity contribution < 1.29 is 32.3 Å². The molecule has 1 aliphatic rings. The van der Waals surface area contributed by atoms with Crippen LogP contribution in [0, 0.1) is 17.0 Å². The number of hydrogen-bond acceptors (Lipinski definition) is 8. The quantitative estimate of drug-likeness (QED) is 0.129. The topological polar surface area (TPSA) is 213 Å². The van der Waals surface area contributed by atoms with Crippen LogP contribution >= 0.6 is 0 Å². The van der Waals surface area contributed by atoms with E-state index in [1.54, 1.807) is 5.32 Å². The van der Waals surface area contributed by atoms with Crippen molar-refractivity contribution in [3.63, 3.8) is 0 Å². The summed E-state index contributed by atoms with van der Waals surface area (Å²) in [7, 11) is -5.38. The largest absolute Gasteiger partial charge is 0.314 e. The molecule has 2 N–H and O–H groups in total. The minimum atomic E-state index is -5.38. The van der Waals surface area contributed by atoms with E-state index in [0.717, 1.165) is 18.2 Å². The second-order valence-electron chi connectivity index (χ2n) is 5.46. The SMILES string of the molecule is [CH2]C(NC(=O)c1cccc(N=[N+]=[N-])c1[N+](=O)[O-])(N1C(=O)CCC1=O)S(=O)(=O)O. The summed E-state index contributed by atoms with van der Waals surface area (Å²) in [6.07, 6.45) is -0.762. The summed E-state index contributed by atoms with van der Waals surface area (Å²) < 4.78 is 33.1. The van der Waals surface area contributed by atoms with E-state index in [2.05, 4.69) is 16.9 Å². The van der Waals surface area contributed by atoms with Gasteiger partial charge >= 0.3 is 10.1 Å². The molecule has 1 aromatic rings. The molecule has 0 bridgehead atoms. The van der Waals surface area contributed by atoms with Crippen molar-refractivity contribution in [1.29, 1.82) is 0 Å². The van der Waals surface area contributed by atoms with Gasteiger partial charge in [-0.3, -0.25) is 29.1 Å². The van der Waals surface area contributed by atoms with Crippen LogP contribution in [0.4, 0.5) is 11.4 Å². The molecule has 0 spiro atoms. The maximum absolute atomic E-state index is 12.5. The number of rotatable bonds is 6. The molecule has 1 saturated heterocycles. The number of nitro groups is 1. The number of azide groups is 1. The van der Waals surface area contributed by atoms with E-state index in [4.69, 9.17) is 5.53 Å². The van der Waals surface area contributed by atoms with Crippen molar-refractivity contribution in [2.24, 2.45) is 5.11 Å². The first-order valence-corrected chi connectivity index (χ1v) is 8.71. The maximum atomic E-state index is 12.5. The van der Waals surface area contributed by atoms with Crippen LogP contribution in [-0.2, 0) is 19.7 Å². The summed E-state index contributed by atoms with van der Waals surface area (Å²) in [5.41, 5.74) is 6.21. The third-order valence-corrected chi connectivity index (χ3v) is 4.88. The molecule has 1 unspecified atom stereocenters. The zero-order valence-corrected chi connectivity index (χ0v) is 14.6. The van der Waals surface area contributed by atoms with Gasteiger partial charge in [-0.2, -0.15) is 8.42 Å². The maximum Gasteiger partial charge on any atom is 0.309 e. The highest BCUT2D eigenvalue weighted by atomic mass is 32.2. The Morgan fingerprint density at radius 1 is 1.39 bits per heavy atom. The van der Waals surface area contributed by atoms with Gasteiger partial charge in [0.1, 0.15) is 11.3 Å². The van der Waals surface area contributed by atoms with Gasteiger partial charge in [0.25, 0.3) is 16.6 Å². The first-order chi connectivity index (χ1) is 12.9. The lowest BCUT2D eigenvalue weighted by molar-refractivity contribution is -0.384. The van der Waals surface area contributed by atoms with Crippen LogP contribution in [0.3, 0.4) is 0 Å². The van der Waals surface area contributed by atoms with Gasteiger partial charge in [-0.25, -0.2) is 4.90 Å². The minimum Gasteiger partial charge on any atom is -0.314 e. The second-order valence-corrected chi connectivity index (χ2v) is 7.08. The van der Waals surface area contributed by atoms with Crippen molar-refractivity contribution >= 4 is 39.2 Å². The number of carbonyl (C=O) groups excluding carboxylic acids is 3. The molecule has 0 aliphatic carbocycles. The van der Waals surface area contributed by atoms with Gasteiger partial charge in [0.15, 0.2) is 0 Å². The van der Waals surface area contributed by atoms with E-state index >= 15 is 0 Å². The van der Waals surface area contributed by atoms with Gasteiger partial charge in [-0.15, -0.1) is 0 Å². The highest BCUT2D eigenvalue weighted by Gasteiger charge is 2.53. The lowest BCUT2D eigenvalue weighted by Gasteiger charge is -2.34. The summed E-state index contributed by atoms with van der Waals surface area (Å²) >= 11 is 0. The number of carbonyl (C=O) groups is 3. The molecule has 1 fully saturated rings. The summed E-state index contributed by atoms with van der Waals surface area (Å²) in [5, 5.41) is 16.0. The van der Waals surface area contributed by atoms with E-state index in [9.17, 15) is 37.5 Å². The smallest absolute Gasteiger partial charge is 0.309 e. The lowest BCUT2D eigenvalue weighted by atomic mass is 10.1. The van der Waals surface area contributed by atoms with Gasteiger partial charge in [0.2, 0.25) is 11.8 Å². The van der Waals surface area contributed by atoms with Crippen LogP contribution < -0.4 is 5.32 Å². The molecular formula is C13H11N6O8S. The standard InChI is InChI=1S/C13H11N6O8S/c1-13(28(25,26)27,18-9(20)5-6-10(18)21)15-12(22)7-3-2-4-8(16-17-14)11(7)19(23)24/h2-4H,1,5-6H2,(H,15,22)(H,25,26,27). The zero-order valence-electron chi connectivity index (χ0n) is 13.8. The van der Waals surface area contributed by atoms with Crippen LogP contribution in [0.5, 0.6) is 0 Å². The normalized spacial score (nSPS) is 16.3. The average Bonchev–Trinajstić information content (AvgIpc) is 2.92. The van der Waals surface area contributed by atoms with Gasteiger partial charge in [0, 0.05) is 24.7 Å². The monoisotopic (exact) mass is 411 g/mol. The van der Waals surface area contributed by atoms with Crippen molar-refractivity contribution in [2.45, 2.75) is 17.8 Å². The molecule has 2 rings (SSSR count). The van der Waals surface area contributed by atoms with E-state index in [1.165, 1.54) is 0 Å². The Morgan fingerprint density at radius 3 is 2.43 bits per heavy atom. The molecule has 1 aromatic carbocycles. The molecule has 1 aliphatic heterocycles. The van der Waals surface area contributed by atoms with Gasteiger partial charge in [0.05, 0.1) is 4.92 Å². The number of imide groups is 1. The molecule has 1 heterocycles. The number of likely N-dealkylation sites (tertiary alicyclic amines) is 1. The fraction of sp³-hybridized carbons (Fsp3) is 0.231. The Balaban J connectivity index is 2.59. The molecule has 0 aromatic heterocycles. The number of nitrogens with one attached hydrogen (secondary N) is 1. The van der Waals surface area contributed by atoms with Crippen LogP contribution in [0.15, 0.2) is 23.3 Å². The van der Waals surface area contributed by atoms with E-state index in [1.807, 2.05) is 0 Å². The lowest BCUT2D eigenvalue weighted by Crippen LogP contribution is -2.65. The van der Waals surface area contributed by atoms with Crippen molar-refractivity contribution in [3.8, 4) is 0 Å². The average molecular weight is 411 g/mol. The molecule has 1 radical (unpaired) electrons. The highest BCUT2D eigenvalue weighted by molar-refractivity contribution is 7.87. The van der Waals surface area contributed by atoms with Crippen molar-refractivity contribution in [1.82, 2.24) is 10.2 Å². The van der Waals surface area contributed by atoms with Crippen molar-refractivity contribution in [2.75, 3.05) is 0 Å². The summed E-state index contributed by atoms with van der Waals surface area (Å²) in [6.45, 7) is 3.08. The van der Waals surface area contributed by atoms with Crippen LogP contribution in [0.2, 0.25) is 0 Å². The zero-order chi connectivity index (χ0) is 21.3. The summed E-state index contributed by atoms with van der Waals surface area (Å²) in [5.74, 6) is -3.53. The molecule has 1 atom stereocenters. The van der Waals surface area contributed by atoms with Crippen LogP contribution in [0.25, 0.3) is 10.4 Å². The predicted molar refractivity (Wildman–Crippen MR) is 90.1 cm³/mol. The summed E-state index contributed by atoms with van der Waals surface area (Å²) in [6, 6.07) is 3.04. The first-order valence-electron chi connectivity index (χ1n) is 7.27. The molecule has 3 amide bonds. The molecule has 14 nitrogen and oxygen atoms in total. The van der Waals surface area contributed by atoms with Crippen molar-refractivity contribution in [3.05, 3.63) is 51.2 Å². The Labute approximate surface area is 156 Å². The first kappa shape index (κ1) is 20.8. The van der Waals surface area contributed by atoms with E-state index in [0.29, 0.717) is 0 Å². The Bertz CT molecular complexity index is 1030. The Morgan fingerprint density at radius 2 is 1.96 bits per heavy atom. The van der Waals surface area contributed by atoms with Gasteiger partial charge < -0.3 is 5.32 Å². The number of nitrogens with zero attached hydrogens (tertiary/aromatic N) is 5. The Kier molecular flexibility index (Phi) is 5.36. The van der Waals surface area contributed by atoms with E-state index in [-0.39, 0.29) is 17.7 Å². The third-order valence-electron chi connectivity index (χ3n) is 3.74. The number of hydrogen-bond donors (Lipinski definition) is 2. The number of benzene rings is 1. The number of para-hydroxylation sites is 1. The fourth-order valence-corrected chi connectivity index (χ4v) is 3.15.